The SMILES string of the molecule is CC(N)C1CCCN(C(=O)Cc2csc(-c3ccccc3Cl)n2)C1. The van der Waals surface area contributed by atoms with Crippen LogP contribution >= 0.6 is 22.9 Å². The van der Waals surface area contributed by atoms with Crippen LogP contribution in [0.25, 0.3) is 10.6 Å². The van der Waals surface area contributed by atoms with E-state index in [1.165, 1.54) is 11.3 Å². The monoisotopic (exact) mass is 363 g/mol. The molecule has 0 spiro atoms. The highest BCUT2D eigenvalue weighted by molar-refractivity contribution is 7.13. The van der Waals surface area contributed by atoms with Crippen LogP contribution in [0.4, 0.5) is 0 Å². The molecule has 2 N–H and O–H groups in total. The van der Waals surface area contributed by atoms with Crippen molar-refractivity contribution in [3.63, 3.8) is 0 Å². The van der Waals surface area contributed by atoms with Crippen LogP contribution in [0.1, 0.15) is 25.5 Å². The van der Waals surface area contributed by atoms with E-state index in [4.69, 9.17) is 17.3 Å². The number of hydrogen-bond donors (Lipinski definition) is 1. The van der Waals surface area contributed by atoms with Gasteiger partial charge in [-0.05, 0) is 31.7 Å². The second kappa shape index (κ2) is 7.64. The summed E-state index contributed by atoms with van der Waals surface area (Å²) in [6, 6.07) is 7.77. The van der Waals surface area contributed by atoms with Crippen molar-refractivity contribution in [2.45, 2.75) is 32.2 Å². The van der Waals surface area contributed by atoms with Crippen LogP contribution in [0.5, 0.6) is 0 Å². The fourth-order valence-corrected chi connectivity index (χ4v) is 4.22. The number of nitrogens with two attached hydrogens (primary N) is 1. The maximum atomic E-state index is 12.6. The molecule has 1 aromatic heterocycles. The molecule has 1 saturated heterocycles. The first kappa shape index (κ1) is 17.4. The molecule has 2 heterocycles. The molecule has 1 amide bonds. The number of aromatic nitrogens is 1. The van der Waals surface area contributed by atoms with E-state index in [1.807, 2.05) is 41.5 Å². The van der Waals surface area contributed by atoms with Crippen molar-refractivity contribution < 1.29 is 4.79 Å². The van der Waals surface area contributed by atoms with Gasteiger partial charge in [-0.15, -0.1) is 11.3 Å². The highest BCUT2D eigenvalue weighted by Crippen LogP contribution is 2.30. The zero-order valence-corrected chi connectivity index (χ0v) is 15.3. The second-order valence-corrected chi connectivity index (χ2v) is 7.67. The molecule has 4 nitrogen and oxygen atoms in total. The molecular formula is C18H22ClN3OS. The van der Waals surface area contributed by atoms with Crippen molar-refractivity contribution in [3.05, 3.63) is 40.4 Å². The number of amides is 1. The van der Waals surface area contributed by atoms with Gasteiger partial charge in [0, 0.05) is 30.1 Å². The van der Waals surface area contributed by atoms with Gasteiger partial charge in [-0.1, -0.05) is 29.8 Å². The van der Waals surface area contributed by atoms with Crippen LogP contribution in [-0.2, 0) is 11.2 Å². The molecule has 3 rings (SSSR count). The minimum Gasteiger partial charge on any atom is -0.342 e. The van der Waals surface area contributed by atoms with Crippen LogP contribution in [0.2, 0.25) is 5.02 Å². The van der Waals surface area contributed by atoms with Gasteiger partial charge in [0.25, 0.3) is 0 Å². The molecule has 1 aliphatic heterocycles. The number of rotatable bonds is 4. The van der Waals surface area contributed by atoms with Gasteiger partial charge in [0.15, 0.2) is 0 Å². The Kier molecular flexibility index (Phi) is 5.54. The summed E-state index contributed by atoms with van der Waals surface area (Å²) in [4.78, 5) is 19.1. The third-order valence-electron chi connectivity index (χ3n) is 4.54. The first-order chi connectivity index (χ1) is 11.5. The van der Waals surface area contributed by atoms with E-state index < -0.39 is 0 Å². The number of thiazole rings is 1. The number of piperidine rings is 1. The smallest absolute Gasteiger partial charge is 0.228 e. The molecule has 0 aliphatic carbocycles. The molecule has 1 aliphatic rings. The molecule has 0 bridgehead atoms. The average Bonchev–Trinajstić information content (AvgIpc) is 3.03. The first-order valence-electron chi connectivity index (χ1n) is 8.27. The Morgan fingerprint density at radius 1 is 1.50 bits per heavy atom. The Morgan fingerprint density at radius 3 is 3.04 bits per heavy atom. The molecule has 2 aromatic rings. The minimum absolute atomic E-state index is 0.131. The summed E-state index contributed by atoms with van der Waals surface area (Å²) in [5.74, 6) is 0.535. The van der Waals surface area contributed by atoms with E-state index >= 15 is 0 Å². The number of benzene rings is 1. The molecule has 0 saturated carbocycles. The summed E-state index contributed by atoms with van der Waals surface area (Å²) >= 11 is 7.75. The third-order valence-corrected chi connectivity index (χ3v) is 5.80. The Balaban J connectivity index is 1.66. The normalized spacial score (nSPS) is 19.3. The van der Waals surface area contributed by atoms with Gasteiger partial charge < -0.3 is 10.6 Å². The van der Waals surface area contributed by atoms with Crippen LogP contribution < -0.4 is 5.73 Å². The maximum absolute atomic E-state index is 12.6. The topological polar surface area (TPSA) is 59.2 Å². The van der Waals surface area contributed by atoms with E-state index in [-0.39, 0.29) is 11.9 Å². The summed E-state index contributed by atoms with van der Waals surface area (Å²) < 4.78 is 0. The minimum atomic E-state index is 0.131. The predicted octanol–water partition coefficient (Wildman–Crippen LogP) is 3.59. The van der Waals surface area contributed by atoms with Crippen molar-refractivity contribution in [2.75, 3.05) is 13.1 Å². The molecule has 1 fully saturated rings. The zero-order valence-electron chi connectivity index (χ0n) is 13.7. The molecule has 24 heavy (non-hydrogen) atoms. The van der Waals surface area contributed by atoms with Gasteiger partial charge >= 0.3 is 0 Å². The summed E-state index contributed by atoms with van der Waals surface area (Å²) in [6.45, 7) is 3.61. The quantitative estimate of drug-likeness (QED) is 0.902. The summed E-state index contributed by atoms with van der Waals surface area (Å²) in [6.07, 6.45) is 2.47. The number of carbonyl (C=O) groups is 1. The summed E-state index contributed by atoms with van der Waals surface area (Å²) in [5.41, 5.74) is 7.73. The van der Waals surface area contributed by atoms with Gasteiger partial charge in [-0.2, -0.15) is 0 Å². The van der Waals surface area contributed by atoms with Crippen LogP contribution in [0.3, 0.4) is 0 Å². The lowest BCUT2D eigenvalue weighted by Crippen LogP contribution is -2.45. The Bertz CT molecular complexity index is 716. The van der Waals surface area contributed by atoms with Crippen molar-refractivity contribution in [2.24, 2.45) is 11.7 Å². The van der Waals surface area contributed by atoms with Crippen molar-refractivity contribution in [1.29, 1.82) is 0 Å². The van der Waals surface area contributed by atoms with Crippen LogP contribution in [0, 0.1) is 5.92 Å². The number of carbonyl (C=O) groups excluding carboxylic acids is 1. The van der Waals surface area contributed by atoms with Crippen LogP contribution in [0.15, 0.2) is 29.6 Å². The van der Waals surface area contributed by atoms with E-state index in [2.05, 4.69) is 4.98 Å². The van der Waals surface area contributed by atoms with E-state index in [0.717, 1.165) is 42.2 Å². The van der Waals surface area contributed by atoms with E-state index in [1.54, 1.807) is 0 Å². The number of likely N-dealkylation sites (tertiary alicyclic amines) is 1. The van der Waals surface area contributed by atoms with Crippen molar-refractivity contribution in [1.82, 2.24) is 9.88 Å². The largest absolute Gasteiger partial charge is 0.342 e. The fourth-order valence-electron chi connectivity index (χ4n) is 3.08. The number of hydrogen-bond acceptors (Lipinski definition) is 4. The second-order valence-electron chi connectivity index (χ2n) is 6.40. The number of nitrogens with zero attached hydrogens (tertiary/aromatic N) is 2. The van der Waals surface area contributed by atoms with Gasteiger partial charge in [-0.3, -0.25) is 4.79 Å². The molecule has 128 valence electrons. The Hall–Kier alpha value is -1.43. The van der Waals surface area contributed by atoms with E-state index in [9.17, 15) is 4.79 Å². The lowest BCUT2D eigenvalue weighted by molar-refractivity contribution is -0.132. The Morgan fingerprint density at radius 2 is 2.29 bits per heavy atom. The first-order valence-corrected chi connectivity index (χ1v) is 9.53. The number of halogens is 1. The van der Waals surface area contributed by atoms with E-state index in [0.29, 0.717) is 17.4 Å². The molecule has 2 unspecified atom stereocenters. The highest BCUT2D eigenvalue weighted by atomic mass is 35.5. The van der Waals surface area contributed by atoms with Crippen LogP contribution in [-0.4, -0.2) is 34.9 Å². The average molecular weight is 364 g/mol. The van der Waals surface area contributed by atoms with Gasteiger partial charge in [0.2, 0.25) is 5.91 Å². The Labute approximate surface area is 151 Å². The molecule has 1 aromatic carbocycles. The van der Waals surface area contributed by atoms with Crippen molar-refractivity contribution in [3.8, 4) is 10.6 Å². The van der Waals surface area contributed by atoms with Gasteiger partial charge in [0.05, 0.1) is 17.1 Å². The summed E-state index contributed by atoms with van der Waals surface area (Å²) in [5, 5.41) is 3.49. The molecule has 0 radical (unpaired) electrons. The fraction of sp³-hybridized carbons (Fsp3) is 0.444. The molecule has 6 heteroatoms. The lowest BCUT2D eigenvalue weighted by atomic mass is 9.92. The zero-order chi connectivity index (χ0) is 17.1. The standard InChI is InChI=1S/C18H22ClN3OS/c1-12(20)13-5-4-8-22(10-13)17(23)9-14-11-24-18(21-14)15-6-2-3-7-16(15)19/h2-3,6-7,11-13H,4-5,8-10,20H2,1H3. The third kappa shape index (κ3) is 3.97. The molecule has 2 atom stereocenters. The van der Waals surface area contributed by atoms with Gasteiger partial charge in [-0.25, -0.2) is 4.98 Å². The van der Waals surface area contributed by atoms with Gasteiger partial charge in [0.1, 0.15) is 5.01 Å². The lowest BCUT2D eigenvalue weighted by Gasteiger charge is -2.34. The maximum Gasteiger partial charge on any atom is 0.228 e. The highest BCUT2D eigenvalue weighted by Gasteiger charge is 2.26. The summed E-state index contributed by atoms with van der Waals surface area (Å²) in [7, 11) is 0. The van der Waals surface area contributed by atoms with Crippen molar-refractivity contribution >= 4 is 28.8 Å². The predicted molar refractivity (Wildman–Crippen MR) is 99.2 cm³/mol. The molecular weight excluding hydrogens is 342 g/mol.